The molecule has 0 saturated carbocycles. The normalized spacial score (nSPS) is 17.2. The Bertz CT molecular complexity index is 689. The minimum atomic E-state index is 0.225. The highest BCUT2D eigenvalue weighted by molar-refractivity contribution is 5.85. The van der Waals surface area contributed by atoms with Crippen LogP contribution in [0.3, 0.4) is 0 Å². The van der Waals surface area contributed by atoms with Crippen LogP contribution in [0.15, 0.2) is 18.3 Å². The van der Waals surface area contributed by atoms with Gasteiger partial charge < -0.3 is 10.3 Å². The lowest BCUT2D eigenvalue weighted by Crippen LogP contribution is -2.36. The van der Waals surface area contributed by atoms with E-state index in [-0.39, 0.29) is 11.6 Å². The Labute approximate surface area is 134 Å². The largest absolute Gasteiger partial charge is 0.350 e. The number of rotatable bonds is 3. The quantitative estimate of drug-likeness (QED) is 0.940. The predicted octanol–water partition coefficient (Wildman–Crippen LogP) is 3.57. The zero-order valence-electron chi connectivity index (χ0n) is 14.6. The van der Waals surface area contributed by atoms with E-state index in [1.54, 1.807) is 0 Å². The molecule has 1 aliphatic rings. The van der Waals surface area contributed by atoms with Crippen molar-refractivity contribution in [1.82, 2.24) is 9.47 Å². The highest BCUT2D eigenvalue weighted by atomic mass is 15.2. The van der Waals surface area contributed by atoms with Crippen LogP contribution in [-0.2, 0) is 26.6 Å². The first-order valence-electron chi connectivity index (χ1n) is 8.36. The fourth-order valence-corrected chi connectivity index (χ4v) is 3.42. The molecule has 0 aliphatic carbocycles. The van der Waals surface area contributed by atoms with E-state index >= 15 is 0 Å². The van der Waals surface area contributed by atoms with Crippen molar-refractivity contribution in [3.63, 3.8) is 0 Å². The Balaban J connectivity index is 1.97. The number of nitrogens with two attached hydrogens (primary N) is 1. The van der Waals surface area contributed by atoms with Crippen LogP contribution in [0.4, 0.5) is 0 Å². The van der Waals surface area contributed by atoms with Gasteiger partial charge in [-0.3, -0.25) is 4.90 Å². The molecule has 3 heteroatoms. The Morgan fingerprint density at radius 1 is 1.18 bits per heavy atom. The second kappa shape index (κ2) is 5.39. The molecule has 22 heavy (non-hydrogen) atoms. The monoisotopic (exact) mass is 299 g/mol. The van der Waals surface area contributed by atoms with E-state index in [1.165, 1.54) is 27.6 Å². The smallest absolute Gasteiger partial charge is 0.0484 e. The van der Waals surface area contributed by atoms with Crippen LogP contribution >= 0.6 is 0 Å². The molecule has 1 aliphatic heterocycles. The van der Waals surface area contributed by atoms with Crippen molar-refractivity contribution in [2.75, 3.05) is 0 Å². The molecule has 1 unspecified atom stereocenters. The topological polar surface area (TPSA) is 34.2 Å². The lowest BCUT2D eigenvalue weighted by Gasteiger charge is -2.31. The Morgan fingerprint density at radius 3 is 2.41 bits per heavy atom. The van der Waals surface area contributed by atoms with Crippen LogP contribution < -0.4 is 5.73 Å². The standard InChI is InChI=1S/C19H29N3/c1-13(20)6-7-14-10-21(5)18-9-16-12-22(19(2,3)4)11-15(16)8-17(14)18/h8-10,13H,6-7,11-12,20H2,1-5H3. The second-order valence-electron chi connectivity index (χ2n) is 7.95. The molecular weight excluding hydrogens is 270 g/mol. The van der Waals surface area contributed by atoms with Gasteiger partial charge in [0.25, 0.3) is 0 Å². The molecular formula is C19H29N3. The van der Waals surface area contributed by atoms with Gasteiger partial charge in [0.1, 0.15) is 0 Å². The fraction of sp³-hybridized carbons (Fsp3) is 0.579. The molecule has 3 nitrogen and oxygen atoms in total. The maximum atomic E-state index is 5.93. The van der Waals surface area contributed by atoms with Crippen molar-refractivity contribution in [2.24, 2.45) is 12.8 Å². The predicted molar refractivity (Wildman–Crippen MR) is 93.9 cm³/mol. The van der Waals surface area contributed by atoms with Gasteiger partial charge in [-0.1, -0.05) is 0 Å². The fourth-order valence-electron chi connectivity index (χ4n) is 3.42. The Kier molecular flexibility index (Phi) is 3.82. The van der Waals surface area contributed by atoms with Crippen LogP contribution in [0, 0.1) is 0 Å². The average Bonchev–Trinajstić information content (AvgIpc) is 2.95. The highest BCUT2D eigenvalue weighted by Crippen LogP contribution is 2.34. The third-order valence-corrected chi connectivity index (χ3v) is 4.93. The van der Waals surface area contributed by atoms with Crippen molar-refractivity contribution in [2.45, 2.75) is 65.2 Å². The van der Waals surface area contributed by atoms with Crippen molar-refractivity contribution >= 4 is 10.9 Å². The third kappa shape index (κ3) is 2.80. The first kappa shape index (κ1) is 15.6. The number of aromatic nitrogens is 1. The first-order valence-corrected chi connectivity index (χ1v) is 8.36. The molecule has 1 atom stereocenters. The third-order valence-electron chi connectivity index (χ3n) is 4.93. The van der Waals surface area contributed by atoms with Gasteiger partial charge in [-0.25, -0.2) is 0 Å². The van der Waals surface area contributed by atoms with Gasteiger partial charge in [0.05, 0.1) is 0 Å². The second-order valence-corrected chi connectivity index (χ2v) is 7.95. The van der Waals surface area contributed by atoms with E-state index in [2.05, 4.69) is 62.5 Å². The van der Waals surface area contributed by atoms with Crippen molar-refractivity contribution < 1.29 is 0 Å². The zero-order valence-corrected chi connectivity index (χ0v) is 14.6. The van der Waals surface area contributed by atoms with E-state index in [4.69, 9.17) is 5.73 Å². The molecule has 0 bridgehead atoms. The molecule has 3 rings (SSSR count). The molecule has 2 heterocycles. The molecule has 0 radical (unpaired) electrons. The zero-order chi connectivity index (χ0) is 16.1. The molecule has 2 N–H and O–H groups in total. The van der Waals surface area contributed by atoms with E-state index in [0.29, 0.717) is 0 Å². The summed E-state index contributed by atoms with van der Waals surface area (Å²) < 4.78 is 2.27. The van der Waals surface area contributed by atoms with E-state index in [9.17, 15) is 0 Å². The highest BCUT2D eigenvalue weighted by Gasteiger charge is 2.28. The van der Waals surface area contributed by atoms with E-state index in [0.717, 1.165) is 25.9 Å². The summed E-state index contributed by atoms with van der Waals surface area (Å²) in [6.07, 6.45) is 4.39. The summed E-state index contributed by atoms with van der Waals surface area (Å²) in [6, 6.07) is 5.08. The van der Waals surface area contributed by atoms with Gasteiger partial charge in [0.2, 0.25) is 0 Å². The summed E-state index contributed by atoms with van der Waals surface area (Å²) in [5, 5.41) is 1.41. The van der Waals surface area contributed by atoms with Gasteiger partial charge in [-0.15, -0.1) is 0 Å². The molecule has 1 aromatic carbocycles. The van der Waals surface area contributed by atoms with Gasteiger partial charge in [-0.05, 0) is 69.4 Å². The minimum absolute atomic E-state index is 0.225. The van der Waals surface area contributed by atoms with Crippen molar-refractivity contribution in [1.29, 1.82) is 0 Å². The summed E-state index contributed by atoms with van der Waals surface area (Å²) in [5.41, 5.74) is 11.9. The van der Waals surface area contributed by atoms with Crippen LogP contribution in [0.25, 0.3) is 10.9 Å². The number of nitrogens with zero attached hydrogens (tertiary/aromatic N) is 2. The summed E-state index contributed by atoms with van der Waals surface area (Å²) >= 11 is 0. The van der Waals surface area contributed by atoms with E-state index < -0.39 is 0 Å². The van der Waals surface area contributed by atoms with E-state index in [1.807, 2.05) is 0 Å². The van der Waals surface area contributed by atoms with Gasteiger partial charge in [0.15, 0.2) is 0 Å². The Morgan fingerprint density at radius 2 is 1.82 bits per heavy atom. The van der Waals surface area contributed by atoms with Gasteiger partial charge in [0, 0.05) is 48.8 Å². The Hall–Kier alpha value is -1.32. The molecule has 0 saturated heterocycles. The van der Waals surface area contributed by atoms with Gasteiger partial charge >= 0.3 is 0 Å². The molecule has 120 valence electrons. The molecule has 0 amide bonds. The first-order chi connectivity index (χ1) is 10.3. The van der Waals surface area contributed by atoms with Crippen LogP contribution in [0.5, 0.6) is 0 Å². The van der Waals surface area contributed by atoms with Gasteiger partial charge in [-0.2, -0.15) is 0 Å². The SMILES string of the molecule is CC(N)CCc1cn(C)c2cc3c(cc12)CN(C(C)(C)C)C3. The number of aryl methyl sites for hydroxylation is 2. The molecule has 1 aromatic heterocycles. The summed E-state index contributed by atoms with van der Waals surface area (Å²) in [5.74, 6) is 0. The van der Waals surface area contributed by atoms with Crippen molar-refractivity contribution in [3.8, 4) is 0 Å². The lowest BCUT2D eigenvalue weighted by molar-refractivity contribution is 0.136. The molecule has 0 fully saturated rings. The molecule has 0 spiro atoms. The van der Waals surface area contributed by atoms with Crippen LogP contribution in [0.1, 0.15) is 50.8 Å². The number of hydrogen-bond acceptors (Lipinski definition) is 2. The van der Waals surface area contributed by atoms with Crippen molar-refractivity contribution in [3.05, 3.63) is 35.0 Å². The lowest BCUT2D eigenvalue weighted by atomic mass is 10.0. The average molecular weight is 299 g/mol. The minimum Gasteiger partial charge on any atom is -0.350 e. The summed E-state index contributed by atoms with van der Waals surface area (Å²) in [4.78, 5) is 2.55. The van der Waals surface area contributed by atoms with Crippen LogP contribution in [0.2, 0.25) is 0 Å². The maximum absolute atomic E-state index is 5.93. The summed E-state index contributed by atoms with van der Waals surface area (Å²) in [7, 11) is 2.15. The molecule has 2 aromatic rings. The van der Waals surface area contributed by atoms with Crippen LogP contribution in [-0.4, -0.2) is 21.0 Å². The number of fused-ring (bicyclic) bond motifs is 2. The summed E-state index contributed by atoms with van der Waals surface area (Å²) in [6.45, 7) is 11.1. The number of benzene rings is 1. The number of hydrogen-bond donors (Lipinski definition) is 1. The maximum Gasteiger partial charge on any atom is 0.0484 e.